The molecule has 0 saturated carbocycles. The molecule has 0 radical (unpaired) electrons. The first-order valence-electron chi connectivity index (χ1n) is 13.4. The van der Waals surface area contributed by atoms with Crippen LogP contribution in [0, 0.1) is 0 Å². The van der Waals surface area contributed by atoms with Crippen molar-refractivity contribution < 1.29 is 0 Å². The van der Waals surface area contributed by atoms with Crippen molar-refractivity contribution in [1.29, 1.82) is 0 Å². The van der Waals surface area contributed by atoms with Crippen LogP contribution in [0.1, 0.15) is 19.8 Å². The van der Waals surface area contributed by atoms with Crippen LogP contribution < -0.4 is 10.2 Å². The van der Waals surface area contributed by atoms with E-state index in [0.717, 1.165) is 17.9 Å². The van der Waals surface area contributed by atoms with Gasteiger partial charge in [0, 0.05) is 40.1 Å². The Labute approximate surface area is 226 Å². The van der Waals surface area contributed by atoms with Gasteiger partial charge in [-0.15, -0.1) is 0 Å². The number of unbranched alkanes of at least 4 members (excludes halogenated alkanes) is 1. The van der Waals surface area contributed by atoms with Crippen molar-refractivity contribution >= 4 is 44.3 Å². The minimum absolute atomic E-state index is 1.05. The van der Waals surface area contributed by atoms with E-state index in [1.165, 1.54) is 45.8 Å². The normalized spacial score (nSPS) is 10.6. The first-order chi connectivity index (χ1) is 18.8. The molecule has 6 aromatic carbocycles. The lowest BCUT2D eigenvalue weighted by Crippen LogP contribution is -2.18. The standard InChI is InChI=1S/C20H21N.C16H13N/c1-2-3-16-21(18-12-5-4-6-13-18)20-15-9-11-17-10-7-8-14-19(17)20;1-2-9-14(10-3-1)17-16-12-6-8-13-7-4-5-11-15(13)16/h4-15H,2-3,16H2,1H3;1-12,17H. The highest BCUT2D eigenvalue weighted by Crippen LogP contribution is 2.32. The van der Waals surface area contributed by atoms with E-state index in [1.54, 1.807) is 0 Å². The molecule has 0 amide bonds. The van der Waals surface area contributed by atoms with E-state index >= 15 is 0 Å². The molecule has 0 spiro atoms. The molecule has 1 N–H and O–H groups in total. The van der Waals surface area contributed by atoms with Gasteiger partial charge in [-0.2, -0.15) is 0 Å². The monoisotopic (exact) mass is 494 g/mol. The predicted molar refractivity (Wildman–Crippen MR) is 166 cm³/mol. The third-order valence-electron chi connectivity index (χ3n) is 6.70. The van der Waals surface area contributed by atoms with E-state index in [1.807, 2.05) is 18.2 Å². The molecular formula is C36H34N2. The van der Waals surface area contributed by atoms with Gasteiger partial charge in [0.25, 0.3) is 0 Å². The van der Waals surface area contributed by atoms with E-state index in [-0.39, 0.29) is 0 Å². The van der Waals surface area contributed by atoms with E-state index in [2.05, 4.69) is 145 Å². The zero-order valence-electron chi connectivity index (χ0n) is 21.9. The van der Waals surface area contributed by atoms with Crippen LogP contribution in [0.5, 0.6) is 0 Å². The highest BCUT2D eigenvalue weighted by atomic mass is 15.1. The quantitative estimate of drug-likeness (QED) is 0.237. The summed E-state index contributed by atoms with van der Waals surface area (Å²) < 4.78 is 0. The van der Waals surface area contributed by atoms with Crippen LogP contribution in [-0.2, 0) is 0 Å². The van der Waals surface area contributed by atoms with Crippen LogP contribution in [0.25, 0.3) is 21.5 Å². The topological polar surface area (TPSA) is 15.3 Å². The van der Waals surface area contributed by atoms with Crippen molar-refractivity contribution in [1.82, 2.24) is 0 Å². The Hall–Kier alpha value is -4.56. The summed E-state index contributed by atoms with van der Waals surface area (Å²) in [4.78, 5) is 2.44. The highest BCUT2D eigenvalue weighted by Gasteiger charge is 2.11. The molecule has 188 valence electrons. The molecular weight excluding hydrogens is 460 g/mol. The second-order valence-electron chi connectivity index (χ2n) is 9.36. The zero-order valence-corrected chi connectivity index (χ0v) is 21.9. The fourth-order valence-electron chi connectivity index (χ4n) is 4.77. The minimum Gasteiger partial charge on any atom is -0.355 e. The number of rotatable bonds is 7. The van der Waals surface area contributed by atoms with Gasteiger partial charge < -0.3 is 10.2 Å². The number of anilines is 4. The summed E-state index contributed by atoms with van der Waals surface area (Å²) in [6, 6.07) is 50.8. The average Bonchev–Trinajstić information content (AvgIpc) is 2.99. The van der Waals surface area contributed by atoms with Crippen molar-refractivity contribution in [3.8, 4) is 0 Å². The van der Waals surface area contributed by atoms with Crippen molar-refractivity contribution in [2.24, 2.45) is 0 Å². The molecule has 0 aliphatic heterocycles. The molecule has 0 bridgehead atoms. The lowest BCUT2D eigenvalue weighted by atomic mass is 10.1. The Morgan fingerprint density at radius 2 is 1.08 bits per heavy atom. The van der Waals surface area contributed by atoms with Gasteiger partial charge in [-0.05, 0) is 53.6 Å². The van der Waals surface area contributed by atoms with Crippen LogP contribution in [0.3, 0.4) is 0 Å². The maximum Gasteiger partial charge on any atom is 0.0490 e. The van der Waals surface area contributed by atoms with Crippen molar-refractivity contribution in [2.45, 2.75) is 19.8 Å². The largest absolute Gasteiger partial charge is 0.355 e. The first kappa shape index (κ1) is 25.1. The molecule has 0 saturated heterocycles. The summed E-state index contributed by atoms with van der Waals surface area (Å²) in [6.45, 7) is 3.29. The van der Waals surface area contributed by atoms with E-state index in [0.29, 0.717) is 0 Å². The Bertz CT molecular complexity index is 1560. The molecule has 6 rings (SSSR count). The molecule has 0 unspecified atom stereocenters. The summed E-state index contributed by atoms with van der Waals surface area (Å²) >= 11 is 0. The summed E-state index contributed by atoms with van der Waals surface area (Å²) in [5.41, 5.74) is 4.83. The molecule has 2 nitrogen and oxygen atoms in total. The maximum atomic E-state index is 3.45. The second kappa shape index (κ2) is 12.6. The molecule has 0 heterocycles. The van der Waals surface area contributed by atoms with E-state index in [4.69, 9.17) is 0 Å². The Morgan fingerprint density at radius 3 is 1.79 bits per heavy atom. The van der Waals surface area contributed by atoms with Gasteiger partial charge in [-0.3, -0.25) is 0 Å². The molecule has 0 aliphatic rings. The van der Waals surface area contributed by atoms with Gasteiger partial charge in [-0.1, -0.05) is 123 Å². The smallest absolute Gasteiger partial charge is 0.0490 e. The molecule has 0 atom stereocenters. The molecule has 0 aromatic heterocycles. The van der Waals surface area contributed by atoms with Crippen LogP contribution in [-0.4, -0.2) is 6.54 Å². The second-order valence-corrected chi connectivity index (χ2v) is 9.36. The molecule has 0 fully saturated rings. The number of nitrogens with one attached hydrogen (secondary N) is 1. The number of fused-ring (bicyclic) bond motifs is 2. The van der Waals surface area contributed by atoms with Crippen molar-refractivity contribution in [2.75, 3.05) is 16.8 Å². The highest BCUT2D eigenvalue weighted by molar-refractivity contribution is 5.96. The van der Waals surface area contributed by atoms with Crippen molar-refractivity contribution in [3.05, 3.63) is 146 Å². The van der Waals surface area contributed by atoms with Crippen LogP contribution in [0.4, 0.5) is 22.7 Å². The number of hydrogen-bond donors (Lipinski definition) is 1. The van der Waals surface area contributed by atoms with Crippen LogP contribution in [0.15, 0.2) is 146 Å². The van der Waals surface area contributed by atoms with E-state index < -0.39 is 0 Å². The fraction of sp³-hybridized carbons (Fsp3) is 0.111. The lowest BCUT2D eigenvalue weighted by Gasteiger charge is -2.26. The summed E-state index contributed by atoms with van der Waals surface area (Å²) in [7, 11) is 0. The number of nitrogens with zero attached hydrogens (tertiary/aromatic N) is 1. The third-order valence-corrected chi connectivity index (χ3v) is 6.70. The van der Waals surface area contributed by atoms with Crippen LogP contribution >= 0.6 is 0 Å². The molecule has 2 heteroatoms. The molecule has 0 aliphatic carbocycles. The first-order valence-corrected chi connectivity index (χ1v) is 13.4. The average molecular weight is 495 g/mol. The van der Waals surface area contributed by atoms with Gasteiger partial charge in [-0.25, -0.2) is 0 Å². The van der Waals surface area contributed by atoms with Gasteiger partial charge in [0.15, 0.2) is 0 Å². The van der Waals surface area contributed by atoms with Gasteiger partial charge in [0.2, 0.25) is 0 Å². The van der Waals surface area contributed by atoms with Crippen LogP contribution in [0.2, 0.25) is 0 Å². The fourth-order valence-corrected chi connectivity index (χ4v) is 4.77. The SMILES string of the molecule is CCCCN(c1ccccc1)c1cccc2ccccc12.c1ccc(Nc2cccc3ccccc23)cc1. The number of para-hydroxylation sites is 2. The summed E-state index contributed by atoms with van der Waals surface area (Å²) in [5, 5.41) is 8.57. The van der Waals surface area contributed by atoms with Gasteiger partial charge >= 0.3 is 0 Å². The maximum absolute atomic E-state index is 3.45. The minimum atomic E-state index is 1.05. The number of benzene rings is 6. The van der Waals surface area contributed by atoms with Gasteiger partial charge in [0.05, 0.1) is 0 Å². The van der Waals surface area contributed by atoms with Crippen molar-refractivity contribution in [3.63, 3.8) is 0 Å². The summed E-state index contributed by atoms with van der Waals surface area (Å²) in [5.74, 6) is 0. The zero-order chi connectivity index (χ0) is 26.0. The predicted octanol–water partition coefficient (Wildman–Crippen LogP) is 10.4. The third kappa shape index (κ3) is 6.04. The number of hydrogen-bond acceptors (Lipinski definition) is 2. The molecule has 6 aromatic rings. The lowest BCUT2D eigenvalue weighted by molar-refractivity contribution is 0.787. The Morgan fingerprint density at radius 1 is 0.526 bits per heavy atom. The molecule has 38 heavy (non-hydrogen) atoms. The Balaban J connectivity index is 0.000000158. The van der Waals surface area contributed by atoms with E-state index in [9.17, 15) is 0 Å². The summed E-state index contributed by atoms with van der Waals surface area (Å²) in [6.07, 6.45) is 2.40. The van der Waals surface area contributed by atoms with Gasteiger partial charge in [0.1, 0.15) is 0 Å². The Kier molecular flexibility index (Phi) is 8.33.